The van der Waals surface area contributed by atoms with Gasteiger partial charge >= 0.3 is 0 Å². The lowest BCUT2D eigenvalue weighted by Crippen LogP contribution is -2.61. The van der Waals surface area contributed by atoms with Crippen LogP contribution in [0.4, 0.5) is 5.95 Å². The first-order chi connectivity index (χ1) is 15.2. The van der Waals surface area contributed by atoms with Gasteiger partial charge < -0.3 is 4.74 Å². The summed E-state index contributed by atoms with van der Waals surface area (Å²) >= 11 is 0. The number of methoxy groups -OCH3 is 1. The topological polar surface area (TPSA) is 60.2 Å². The van der Waals surface area contributed by atoms with Crippen LogP contribution in [0, 0.1) is 5.92 Å². The Morgan fingerprint density at radius 2 is 1.90 bits per heavy atom. The van der Waals surface area contributed by atoms with Gasteiger partial charge in [-0.1, -0.05) is 51.2 Å². The van der Waals surface area contributed by atoms with E-state index in [0.717, 1.165) is 43.9 Å². The number of hydrogen-bond donors (Lipinski definition) is 0. The van der Waals surface area contributed by atoms with Crippen molar-refractivity contribution in [1.29, 1.82) is 0 Å². The maximum absolute atomic E-state index is 14.0. The molecule has 1 aliphatic heterocycles. The summed E-state index contributed by atoms with van der Waals surface area (Å²) in [6.45, 7) is 2.16. The molecule has 1 amide bonds. The third kappa shape index (κ3) is 3.26. The van der Waals surface area contributed by atoms with Gasteiger partial charge in [-0.2, -0.15) is 10.1 Å². The number of amides is 1. The Balaban J connectivity index is 1.67. The quantitative estimate of drug-likeness (QED) is 0.686. The molecule has 6 heteroatoms. The summed E-state index contributed by atoms with van der Waals surface area (Å²) in [6.07, 6.45) is 12.6. The summed E-state index contributed by atoms with van der Waals surface area (Å²) in [4.78, 5) is 21.0. The number of ether oxygens (including phenoxy) is 1. The van der Waals surface area contributed by atoms with Gasteiger partial charge in [0.15, 0.2) is 5.82 Å². The van der Waals surface area contributed by atoms with Crippen LogP contribution in [-0.2, 0) is 12.0 Å². The lowest BCUT2D eigenvalue weighted by Gasteiger charge is -2.55. The molecule has 2 saturated carbocycles. The molecule has 31 heavy (non-hydrogen) atoms. The van der Waals surface area contributed by atoms with Crippen LogP contribution in [0.3, 0.4) is 0 Å². The van der Waals surface area contributed by atoms with Gasteiger partial charge in [0.05, 0.1) is 18.2 Å². The second-order valence-corrected chi connectivity index (χ2v) is 9.49. The molecule has 0 unspecified atom stereocenters. The van der Waals surface area contributed by atoms with Crippen molar-refractivity contribution in [2.45, 2.75) is 89.1 Å². The van der Waals surface area contributed by atoms with E-state index in [0.29, 0.717) is 17.2 Å². The Labute approximate surface area is 185 Å². The van der Waals surface area contributed by atoms with Gasteiger partial charge in [0, 0.05) is 18.4 Å². The number of para-hydroxylation sites is 1. The summed E-state index contributed by atoms with van der Waals surface area (Å²) in [5, 5.41) is 5.06. The normalized spacial score (nSPS) is 24.5. The van der Waals surface area contributed by atoms with Crippen molar-refractivity contribution < 1.29 is 9.53 Å². The van der Waals surface area contributed by atoms with Crippen LogP contribution in [-0.4, -0.2) is 33.8 Å². The molecule has 2 fully saturated rings. The molecular weight excluding hydrogens is 388 g/mol. The number of nitrogens with zero attached hydrogens (tertiary/aromatic N) is 4. The van der Waals surface area contributed by atoms with Gasteiger partial charge in [0.25, 0.3) is 5.91 Å². The fraction of sp³-hybridized carbons (Fsp3) is 0.640. The third-order valence-corrected chi connectivity index (χ3v) is 7.77. The molecule has 1 aromatic carbocycles. The largest absolute Gasteiger partial charge is 0.496 e. The Hall–Kier alpha value is -2.37. The van der Waals surface area contributed by atoms with Crippen LogP contribution < -0.4 is 9.64 Å². The number of carbonyl (C=O) groups is 1. The summed E-state index contributed by atoms with van der Waals surface area (Å²) in [5.74, 6) is 2.71. The summed E-state index contributed by atoms with van der Waals surface area (Å²) in [6, 6.07) is 7.75. The lowest BCUT2D eigenvalue weighted by molar-refractivity contribution is 0.0310. The van der Waals surface area contributed by atoms with E-state index < -0.39 is 0 Å². The Kier molecular flexibility index (Phi) is 5.49. The van der Waals surface area contributed by atoms with Gasteiger partial charge in [0.2, 0.25) is 5.95 Å². The highest BCUT2D eigenvalue weighted by atomic mass is 16.5. The van der Waals surface area contributed by atoms with Crippen molar-refractivity contribution in [3.05, 3.63) is 35.7 Å². The van der Waals surface area contributed by atoms with Crippen LogP contribution in [0.1, 0.15) is 87.3 Å². The van der Waals surface area contributed by atoms with Gasteiger partial charge in [-0.25, -0.2) is 4.68 Å². The average molecular weight is 423 g/mol. The molecule has 2 aromatic rings. The van der Waals surface area contributed by atoms with Gasteiger partial charge in [-0.3, -0.25) is 9.69 Å². The summed E-state index contributed by atoms with van der Waals surface area (Å²) in [7, 11) is 1.63. The Bertz CT molecular complexity index is 947. The first-order valence-corrected chi connectivity index (χ1v) is 12.1. The number of anilines is 1. The number of fused-ring (bicyclic) bond motifs is 4. The van der Waals surface area contributed by atoms with E-state index in [9.17, 15) is 4.79 Å². The monoisotopic (exact) mass is 422 g/mol. The zero-order chi connectivity index (χ0) is 21.4. The molecule has 1 aromatic heterocycles. The molecule has 2 heterocycles. The Morgan fingerprint density at radius 3 is 2.68 bits per heavy atom. The van der Waals surface area contributed by atoms with Crippen LogP contribution in [0.5, 0.6) is 5.75 Å². The van der Waals surface area contributed by atoms with E-state index in [-0.39, 0.29) is 17.5 Å². The number of aromatic nitrogens is 3. The van der Waals surface area contributed by atoms with Gasteiger partial charge in [-0.15, -0.1) is 0 Å². The molecule has 0 radical (unpaired) electrons. The standard InChI is InChI=1S/C25H34N4O2/c1-3-11-22-26-24-28(23(30)18-12-5-8-15-21(18)31-2)20-14-7-6-13-19(20)25(29(24)27-22)16-9-4-10-17-25/h5,8,12,15,19-20H,3-4,6-7,9-11,13-14,16-17H2,1-2H3/t19-,20+/m1/s1. The van der Waals surface area contributed by atoms with E-state index in [1.54, 1.807) is 7.11 Å². The third-order valence-electron chi connectivity index (χ3n) is 7.77. The van der Waals surface area contributed by atoms with Crippen molar-refractivity contribution >= 4 is 11.9 Å². The second-order valence-electron chi connectivity index (χ2n) is 9.49. The van der Waals surface area contributed by atoms with E-state index >= 15 is 0 Å². The van der Waals surface area contributed by atoms with Crippen molar-refractivity contribution in [2.75, 3.05) is 12.0 Å². The minimum atomic E-state index is -0.00305. The maximum atomic E-state index is 14.0. The van der Waals surface area contributed by atoms with Gasteiger partial charge in [-0.05, 0) is 44.2 Å². The highest BCUT2D eigenvalue weighted by molar-refractivity contribution is 6.07. The fourth-order valence-corrected chi connectivity index (χ4v) is 6.42. The smallest absolute Gasteiger partial charge is 0.264 e. The zero-order valence-corrected chi connectivity index (χ0v) is 18.8. The van der Waals surface area contributed by atoms with Gasteiger partial charge in [0.1, 0.15) is 5.75 Å². The molecule has 6 nitrogen and oxygen atoms in total. The van der Waals surface area contributed by atoms with E-state index in [1.807, 2.05) is 29.2 Å². The summed E-state index contributed by atoms with van der Waals surface area (Å²) in [5.41, 5.74) is 0.635. The molecule has 0 N–H and O–H groups in total. The van der Waals surface area contributed by atoms with Crippen molar-refractivity contribution in [3.8, 4) is 5.75 Å². The van der Waals surface area contributed by atoms with Crippen LogP contribution >= 0.6 is 0 Å². The van der Waals surface area contributed by atoms with E-state index in [4.69, 9.17) is 14.8 Å². The first kappa shape index (κ1) is 20.5. The number of hydrogen-bond acceptors (Lipinski definition) is 4. The number of carbonyl (C=O) groups excluding carboxylic acids is 1. The van der Waals surface area contributed by atoms with Crippen LogP contribution in [0.25, 0.3) is 0 Å². The summed E-state index contributed by atoms with van der Waals surface area (Å²) < 4.78 is 7.75. The van der Waals surface area contributed by atoms with Crippen molar-refractivity contribution in [1.82, 2.24) is 14.8 Å². The number of benzene rings is 1. The fourth-order valence-electron chi connectivity index (χ4n) is 6.42. The van der Waals surface area contributed by atoms with E-state index in [2.05, 4.69) is 11.6 Å². The maximum Gasteiger partial charge on any atom is 0.264 e. The highest BCUT2D eigenvalue weighted by Gasteiger charge is 2.55. The molecule has 1 spiro atoms. The number of rotatable bonds is 4. The second kappa shape index (κ2) is 8.29. The van der Waals surface area contributed by atoms with Crippen LogP contribution in [0.2, 0.25) is 0 Å². The van der Waals surface area contributed by atoms with E-state index in [1.165, 1.54) is 38.5 Å². The predicted octanol–water partition coefficient (Wildman–Crippen LogP) is 5.12. The molecular formula is C25H34N4O2. The minimum absolute atomic E-state index is 0.00305. The average Bonchev–Trinajstić information content (AvgIpc) is 3.24. The molecule has 0 saturated heterocycles. The minimum Gasteiger partial charge on any atom is -0.496 e. The molecule has 5 rings (SSSR count). The molecule has 2 aliphatic carbocycles. The zero-order valence-electron chi connectivity index (χ0n) is 18.8. The lowest BCUT2D eigenvalue weighted by atomic mass is 9.64. The van der Waals surface area contributed by atoms with Crippen molar-refractivity contribution in [3.63, 3.8) is 0 Å². The SMILES string of the molecule is CCCc1nc2n(n1)C1(CCCCC1)[C@@H]1CCCC[C@@H]1N2C(=O)c1ccccc1OC. The Morgan fingerprint density at radius 1 is 1.13 bits per heavy atom. The van der Waals surface area contributed by atoms with Crippen LogP contribution in [0.15, 0.2) is 24.3 Å². The molecule has 2 atom stereocenters. The van der Waals surface area contributed by atoms with Crippen molar-refractivity contribution in [2.24, 2.45) is 5.92 Å². The first-order valence-electron chi connectivity index (χ1n) is 12.1. The highest BCUT2D eigenvalue weighted by Crippen LogP contribution is 2.53. The molecule has 0 bridgehead atoms. The predicted molar refractivity (Wildman–Crippen MR) is 121 cm³/mol. The molecule has 166 valence electrons. The molecule has 3 aliphatic rings. The number of aryl methyl sites for hydroxylation is 1.